The molecular weight excluding hydrogens is 200 g/mol. The van der Waals surface area contributed by atoms with Gasteiger partial charge in [-0.25, -0.2) is 0 Å². The van der Waals surface area contributed by atoms with Crippen LogP contribution in [-0.4, -0.2) is 22.9 Å². The minimum Gasteiger partial charge on any atom is -0.396 e. The molecule has 0 radical (unpaired) electrons. The van der Waals surface area contributed by atoms with Gasteiger partial charge in [-0.05, 0) is 42.4 Å². The van der Waals surface area contributed by atoms with Gasteiger partial charge in [-0.2, -0.15) is 0 Å². The van der Waals surface area contributed by atoms with Crippen LogP contribution in [0.2, 0.25) is 0 Å². The second-order valence-electron chi connectivity index (χ2n) is 6.83. The van der Waals surface area contributed by atoms with E-state index in [9.17, 15) is 10.2 Å². The Hall–Kier alpha value is -0.0800. The van der Waals surface area contributed by atoms with E-state index in [-0.39, 0.29) is 24.0 Å². The van der Waals surface area contributed by atoms with Gasteiger partial charge in [0.2, 0.25) is 0 Å². The van der Waals surface area contributed by atoms with Crippen LogP contribution in [0, 0.1) is 22.7 Å². The van der Waals surface area contributed by atoms with Gasteiger partial charge >= 0.3 is 0 Å². The van der Waals surface area contributed by atoms with E-state index in [1.54, 1.807) is 0 Å². The van der Waals surface area contributed by atoms with Crippen LogP contribution < -0.4 is 0 Å². The van der Waals surface area contributed by atoms with Crippen molar-refractivity contribution >= 4 is 0 Å². The third-order valence-electron chi connectivity index (χ3n) is 5.54. The molecule has 0 aromatic carbocycles. The fraction of sp³-hybridized carbons (Fsp3) is 1.00. The molecule has 16 heavy (non-hydrogen) atoms. The smallest absolute Gasteiger partial charge is 0.0595 e. The van der Waals surface area contributed by atoms with Crippen LogP contribution in [-0.2, 0) is 0 Å². The Morgan fingerprint density at radius 1 is 1.12 bits per heavy atom. The maximum atomic E-state index is 10.1. The normalized spacial score (nSPS) is 47.4. The van der Waals surface area contributed by atoms with E-state index in [1.807, 2.05) is 0 Å². The molecule has 0 heterocycles. The molecule has 2 aliphatic rings. The summed E-state index contributed by atoms with van der Waals surface area (Å²) in [5, 5.41) is 19.7. The van der Waals surface area contributed by atoms with Crippen LogP contribution in [0.1, 0.15) is 52.9 Å². The van der Waals surface area contributed by atoms with Gasteiger partial charge in [-0.1, -0.05) is 27.2 Å². The van der Waals surface area contributed by atoms with Gasteiger partial charge in [0.25, 0.3) is 0 Å². The first-order chi connectivity index (χ1) is 7.42. The molecule has 0 spiro atoms. The Kier molecular flexibility index (Phi) is 3.09. The quantitative estimate of drug-likeness (QED) is 0.721. The van der Waals surface area contributed by atoms with E-state index in [0.717, 1.165) is 12.8 Å². The minimum absolute atomic E-state index is 0.0887. The van der Waals surface area contributed by atoms with Gasteiger partial charge in [0, 0.05) is 12.5 Å². The number of hydrogen-bond acceptors (Lipinski definition) is 2. The van der Waals surface area contributed by atoms with E-state index in [1.165, 1.54) is 19.3 Å². The molecule has 0 amide bonds. The van der Waals surface area contributed by atoms with E-state index in [0.29, 0.717) is 11.3 Å². The molecule has 4 atom stereocenters. The van der Waals surface area contributed by atoms with Crippen LogP contribution >= 0.6 is 0 Å². The summed E-state index contributed by atoms with van der Waals surface area (Å²) in [4.78, 5) is 0. The third-order valence-corrected chi connectivity index (χ3v) is 5.54. The van der Waals surface area contributed by atoms with Crippen molar-refractivity contribution in [1.29, 1.82) is 0 Å². The van der Waals surface area contributed by atoms with Crippen molar-refractivity contribution in [3.8, 4) is 0 Å². The molecule has 0 saturated heterocycles. The monoisotopic (exact) mass is 226 g/mol. The lowest BCUT2D eigenvalue weighted by atomic mass is 9.48. The molecular formula is C14H26O2. The van der Waals surface area contributed by atoms with Crippen molar-refractivity contribution in [3.05, 3.63) is 0 Å². The van der Waals surface area contributed by atoms with Crippen LogP contribution in [0.25, 0.3) is 0 Å². The summed E-state index contributed by atoms with van der Waals surface area (Å²) in [6.07, 6.45) is 5.41. The minimum atomic E-state index is -0.292. The Labute approximate surface area is 99.1 Å². The Morgan fingerprint density at radius 3 is 2.44 bits per heavy atom. The average Bonchev–Trinajstić information content (AvgIpc) is 2.15. The van der Waals surface area contributed by atoms with Crippen molar-refractivity contribution in [2.75, 3.05) is 6.61 Å². The first kappa shape index (κ1) is 12.4. The lowest BCUT2D eigenvalue weighted by molar-refractivity contribution is -0.136. The van der Waals surface area contributed by atoms with E-state index in [4.69, 9.17) is 0 Å². The predicted octanol–water partition coefficient (Wildman–Crippen LogP) is 2.58. The molecule has 0 aromatic heterocycles. The summed E-state index contributed by atoms with van der Waals surface area (Å²) in [6, 6.07) is 0. The highest BCUT2D eigenvalue weighted by molar-refractivity contribution is 5.03. The van der Waals surface area contributed by atoms with Crippen molar-refractivity contribution in [2.45, 2.75) is 59.0 Å². The average molecular weight is 226 g/mol. The molecule has 0 aliphatic heterocycles. The zero-order chi connectivity index (χ0) is 12.0. The van der Waals surface area contributed by atoms with Gasteiger partial charge in [0.1, 0.15) is 0 Å². The molecule has 0 bridgehead atoms. The molecule has 2 saturated carbocycles. The predicted molar refractivity (Wildman–Crippen MR) is 65.0 cm³/mol. The lowest BCUT2D eigenvalue weighted by Gasteiger charge is -2.58. The summed E-state index contributed by atoms with van der Waals surface area (Å²) in [7, 11) is 0. The molecule has 0 unspecified atom stereocenters. The molecule has 94 valence electrons. The van der Waals surface area contributed by atoms with Crippen LogP contribution in [0.3, 0.4) is 0 Å². The molecule has 2 fully saturated rings. The molecule has 2 N–H and O–H groups in total. The second-order valence-corrected chi connectivity index (χ2v) is 6.83. The van der Waals surface area contributed by atoms with Crippen LogP contribution in [0.5, 0.6) is 0 Å². The zero-order valence-corrected chi connectivity index (χ0v) is 10.9. The van der Waals surface area contributed by atoms with Crippen LogP contribution in [0.15, 0.2) is 0 Å². The van der Waals surface area contributed by atoms with Gasteiger partial charge in [-0.3, -0.25) is 0 Å². The van der Waals surface area contributed by atoms with Gasteiger partial charge in [0.05, 0.1) is 6.10 Å². The number of aliphatic hydroxyl groups is 2. The van der Waals surface area contributed by atoms with Gasteiger partial charge in [0.15, 0.2) is 0 Å². The topological polar surface area (TPSA) is 40.5 Å². The summed E-state index contributed by atoms with van der Waals surface area (Å²) < 4.78 is 0. The van der Waals surface area contributed by atoms with E-state index in [2.05, 4.69) is 20.8 Å². The third kappa shape index (κ3) is 1.70. The zero-order valence-electron chi connectivity index (χ0n) is 10.9. The largest absolute Gasteiger partial charge is 0.396 e. The highest BCUT2D eigenvalue weighted by Crippen LogP contribution is 2.59. The van der Waals surface area contributed by atoms with Crippen molar-refractivity contribution in [2.24, 2.45) is 22.7 Å². The maximum absolute atomic E-state index is 10.1. The van der Waals surface area contributed by atoms with Crippen molar-refractivity contribution < 1.29 is 10.2 Å². The van der Waals surface area contributed by atoms with E-state index >= 15 is 0 Å². The first-order valence-corrected chi connectivity index (χ1v) is 6.71. The summed E-state index contributed by atoms with van der Waals surface area (Å²) in [5.41, 5.74) is 0.523. The number of hydrogen-bond donors (Lipinski definition) is 2. The first-order valence-electron chi connectivity index (χ1n) is 6.71. The molecule has 2 rings (SSSR count). The van der Waals surface area contributed by atoms with Crippen LogP contribution in [0.4, 0.5) is 0 Å². The Morgan fingerprint density at radius 2 is 1.81 bits per heavy atom. The van der Waals surface area contributed by atoms with Gasteiger partial charge < -0.3 is 10.2 Å². The number of rotatable bonds is 1. The fourth-order valence-corrected chi connectivity index (χ4v) is 4.64. The second kappa shape index (κ2) is 3.99. The van der Waals surface area contributed by atoms with Crippen molar-refractivity contribution in [1.82, 2.24) is 0 Å². The number of aliphatic hydroxyl groups excluding tert-OH is 2. The summed E-state index contributed by atoms with van der Waals surface area (Å²) >= 11 is 0. The Bertz CT molecular complexity index is 261. The fourth-order valence-electron chi connectivity index (χ4n) is 4.64. The van der Waals surface area contributed by atoms with E-state index < -0.39 is 0 Å². The highest BCUT2D eigenvalue weighted by atomic mass is 16.3. The number of fused-ring (bicyclic) bond motifs is 1. The SMILES string of the molecule is CC1(C)CCC[C@@]2(C)[C@H](CO)[C@@H](O)CC[C@@H]12. The van der Waals surface area contributed by atoms with Crippen molar-refractivity contribution in [3.63, 3.8) is 0 Å². The molecule has 0 aromatic rings. The molecule has 2 aliphatic carbocycles. The maximum Gasteiger partial charge on any atom is 0.0595 e. The Balaban J connectivity index is 2.31. The molecule has 2 nitrogen and oxygen atoms in total. The summed E-state index contributed by atoms with van der Waals surface area (Å²) in [6.45, 7) is 7.16. The summed E-state index contributed by atoms with van der Waals surface area (Å²) in [5.74, 6) is 0.750. The highest BCUT2D eigenvalue weighted by Gasteiger charge is 2.54. The molecule has 2 heteroatoms. The lowest BCUT2D eigenvalue weighted by Crippen LogP contribution is -2.54. The van der Waals surface area contributed by atoms with Gasteiger partial charge in [-0.15, -0.1) is 0 Å². The standard InChI is InChI=1S/C14H26O2/c1-13(2)7-4-8-14(3)10(9-15)11(16)5-6-12(13)14/h10-12,15-16H,4-9H2,1-3H3/t10-,11+,12+,14+/m1/s1.